The number of rotatable bonds is 5. The molecular weight excluding hydrogens is 276 g/mol. The number of aromatic nitrogens is 2. The first-order valence-corrected chi connectivity index (χ1v) is 7.07. The predicted octanol–water partition coefficient (Wildman–Crippen LogP) is 2.16. The van der Waals surface area contributed by atoms with Gasteiger partial charge in [-0.1, -0.05) is 13.3 Å². The monoisotopic (exact) mass is 296 g/mol. The van der Waals surface area contributed by atoms with E-state index < -0.39 is 16.4 Å². The van der Waals surface area contributed by atoms with E-state index in [1.54, 1.807) is 7.05 Å². The minimum Gasteiger partial charge on any atom is -0.480 e. The molecule has 8 nitrogen and oxygen atoms in total. The molecule has 0 amide bonds. The van der Waals surface area contributed by atoms with E-state index in [9.17, 15) is 20.0 Å². The molecule has 0 aliphatic heterocycles. The number of aliphatic carboxylic acids is 1. The lowest BCUT2D eigenvalue weighted by Gasteiger charge is -2.37. The van der Waals surface area contributed by atoms with Crippen molar-refractivity contribution in [2.24, 2.45) is 13.0 Å². The van der Waals surface area contributed by atoms with Crippen LogP contribution in [0.15, 0.2) is 6.20 Å². The van der Waals surface area contributed by atoms with Gasteiger partial charge in [-0.25, -0.2) is 4.79 Å². The SMILES string of the molecule is CCC1CCC(Nc2nn(C)cc2[N+](=O)[O-])(C(=O)O)CC1. The van der Waals surface area contributed by atoms with Gasteiger partial charge in [-0.15, -0.1) is 5.10 Å². The molecule has 21 heavy (non-hydrogen) atoms. The molecule has 1 aliphatic carbocycles. The number of nitrogens with one attached hydrogen (secondary N) is 1. The van der Waals surface area contributed by atoms with Crippen LogP contribution in [0, 0.1) is 16.0 Å². The fourth-order valence-electron chi connectivity index (χ4n) is 2.90. The fourth-order valence-corrected chi connectivity index (χ4v) is 2.90. The highest BCUT2D eigenvalue weighted by Crippen LogP contribution is 2.37. The number of nitrogens with zero attached hydrogens (tertiary/aromatic N) is 3. The zero-order valence-corrected chi connectivity index (χ0v) is 12.2. The Labute approximate surface area is 122 Å². The molecule has 1 saturated carbocycles. The van der Waals surface area contributed by atoms with Gasteiger partial charge in [0, 0.05) is 7.05 Å². The number of hydrogen-bond acceptors (Lipinski definition) is 5. The summed E-state index contributed by atoms with van der Waals surface area (Å²) in [5.41, 5.74) is -1.36. The maximum Gasteiger partial charge on any atom is 0.330 e. The van der Waals surface area contributed by atoms with Crippen molar-refractivity contribution in [3.05, 3.63) is 16.3 Å². The summed E-state index contributed by atoms with van der Waals surface area (Å²) >= 11 is 0. The van der Waals surface area contributed by atoms with Crippen molar-refractivity contribution in [1.82, 2.24) is 9.78 Å². The molecule has 0 radical (unpaired) electrons. The molecule has 8 heteroatoms. The average molecular weight is 296 g/mol. The van der Waals surface area contributed by atoms with E-state index in [1.807, 2.05) is 0 Å². The molecule has 1 fully saturated rings. The van der Waals surface area contributed by atoms with Crippen molar-refractivity contribution >= 4 is 17.5 Å². The Balaban J connectivity index is 2.26. The van der Waals surface area contributed by atoms with Crippen molar-refractivity contribution in [3.8, 4) is 0 Å². The van der Waals surface area contributed by atoms with Crippen LogP contribution in [0.4, 0.5) is 11.5 Å². The first kappa shape index (κ1) is 15.3. The average Bonchev–Trinajstić information content (AvgIpc) is 2.80. The van der Waals surface area contributed by atoms with E-state index in [0.29, 0.717) is 18.8 Å². The van der Waals surface area contributed by atoms with Gasteiger partial charge in [0.1, 0.15) is 11.7 Å². The summed E-state index contributed by atoms with van der Waals surface area (Å²) in [7, 11) is 1.57. The Morgan fingerprint density at radius 2 is 2.24 bits per heavy atom. The van der Waals surface area contributed by atoms with Crippen molar-refractivity contribution in [2.75, 3.05) is 5.32 Å². The normalized spacial score (nSPS) is 25.5. The zero-order valence-electron chi connectivity index (χ0n) is 12.2. The maximum absolute atomic E-state index is 11.7. The number of anilines is 1. The van der Waals surface area contributed by atoms with E-state index in [4.69, 9.17) is 0 Å². The van der Waals surface area contributed by atoms with Crippen LogP contribution in [-0.4, -0.2) is 31.3 Å². The minimum absolute atomic E-state index is 0.0276. The van der Waals surface area contributed by atoms with Gasteiger partial charge in [-0.2, -0.15) is 0 Å². The lowest BCUT2D eigenvalue weighted by Crippen LogP contribution is -2.49. The molecule has 1 aromatic heterocycles. The van der Waals surface area contributed by atoms with E-state index in [1.165, 1.54) is 10.9 Å². The van der Waals surface area contributed by atoms with E-state index in [2.05, 4.69) is 17.3 Å². The fraction of sp³-hybridized carbons (Fsp3) is 0.692. The highest BCUT2D eigenvalue weighted by molar-refractivity contribution is 5.83. The quantitative estimate of drug-likeness (QED) is 0.636. The smallest absolute Gasteiger partial charge is 0.330 e. The summed E-state index contributed by atoms with van der Waals surface area (Å²) in [5.74, 6) is -0.421. The van der Waals surface area contributed by atoms with Gasteiger partial charge in [0.05, 0.1) is 4.92 Å². The highest BCUT2D eigenvalue weighted by Gasteiger charge is 2.43. The second-order valence-electron chi connectivity index (χ2n) is 5.66. The van der Waals surface area contributed by atoms with Crippen LogP contribution in [0.25, 0.3) is 0 Å². The summed E-state index contributed by atoms with van der Waals surface area (Å²) in [6.45, 7) is 2.09. The van der Waals surface area contributed by atoms with E-state index in [0.717, 1.165) is 19.3 Å². The van der Waals surface area contributed by atoms with Crippen molar-refractivity contribution in [3.63, 3.8) is 0 Å². The second-order valence-corrected chi connectivity index (χ2v) is 5.66. The molecule has 0 unspecified atom stereocenters. The molecule has 0 bridgehead atoms. The first-order chi connectivity index (χ1) is 9.88. The van der Waals surface area contributed by atoms with Crippen LogP contribution >= 0.6 is 0 Å². The lowest BCUT2D eigenvalue weighted by atomic mass is 9.75. The summed E-state index contributed by atoms with van der Waals surface area (Å²) in [6.07, 6.45) is 4.81. The third-order valence-corrected chi connectivity index (χ3v) is 4.31. The summed E-state index contributed by atoms with van der Waals surface area (Å²) < 4.78 is 1.31. The Hall–Kier alpha value is -2.12. The molecule has 1 aliphatic rings. The van der Waals surface area contributed by atoms with Crippen LogP contribution < -0.4 is 5.32 Å². The molecule has 0 aromatic carbocycles. The number of hydrogen-bond donors (Lipinski definition) is 2. The van der Waals surface area contributed by atoms with Crippen LogP contribution in [0.3, 0.4) is 0 Å². The third kappa shape index (κ3) is 2.98. The third-order valence-electron chi connectivity index (χ3n) is 4.31. The molecular formula is C13H20N4O4. The standard InChI is InChI=1S/C13H20N4O4/c1-3-9-4-6-13(7-5-9,12(18)19)14-11-10(17(20)21)8-16(2)15-11/h8-9H,3-7H2,1-2H3,(H,14,15)(H,18,19). The van der Waals surface area contributed by atoms with Crippen LogP contribution in [0.5, 0.6) is 0 Å². The summed E-state index contributed by atoms with van der Waals surface area (Å²) in [4.78, 5) is 22.2. The second kappa shape index (κ2) is 5.71. The Bertz CT molecular complexity index is 546. The largest absolute Gasteiger partial charge is 0.480 e. The van der Waals surface area contributed by atoms with Gasteiger partial charge in [0.15, 0.2) is 0 Å². The van der Waals surface area contributed by atoms with Crippen LogP contribution in [-0.2, 0) is 11.8 Å². The molecule has 116 valence electrons. The zero-order chi connectivity index (χ0) is 15.6. The number of carboxylic acid groups (broad SMARTS) is 1. The van der Waals surface area contributed by atoms with Gasteiger partial charge >= 0.3 is 11.7 Å². The van der Waals surface area contributed by atoms with Crippen molar-refractivity contribution < 1.29 is 14.8 Å². The van der Waals surface area contributed by atoms with Gasteiger partial charge < -0.3 is 10.4 Å². The number of carbonyl (C=O) groups is 1. The highest BCUT2D eigenvalue weighted by atomic mass is 16.6. The molecule has 2 rings (SSSR count). The molecule has 0 saturated heterocycles. The number of carboxylic acids is 1. The van der Waals surface area contributed by atoms with Gasteiger partial charge in [-0.3, -0.25) is 14.8 Å². The molecule has 1 aromatic rings. The molecule has 0 spiro atoms. The molecule has 1 heterocycles. The van der Waals surface area contributed by atoms with E-state index in [-0.39, 0.29) is 11.5 Å². The van der Waals surface area contributed by atoms with Crippen molar-refractivity contribution in [2.45, 2.75) is 44.6 Å². The lowest BCUT2D eigenvalue weighted by molar-refractivity contribution is -0.384. The van der Waals surface area contributed by atoms with Gasteiger partial charge in [0.25, 0.3) is 0 Å². The first-order valence-electron chi connectivity index (χ1n) is 7.07. The predicted molar refractivity (Wildman–Crippen MR) is 76.1 cm³/mol. The van der Waals surface area contributed by atoms with Crippen LogP contribution in [0.2, 0.25) is 0 Å². The minimum atomic E-state index is -1.16. The Morgan fingerprint density at radius 3 is 2.71 bits per heavy atom. The van der Waals surface area contributed by atoms with Crippen LogP contribution in [0.1, 0.15) is 39.0 Å². The number of nitro groups is 1. The van der Waals surface area contributed by atoms with Gasteiger partial charge in [-0.05, 0) is 31.6 Å². The van der Waals surface area contributed by atoms with Gasteiger partial charge in [0.2, 0.25) is 5.82 Å². The Kier molecular flexibility index (Phi) is 4.15. The summed E-state index contributed by atoms with van der Waals surface area (Å²) in [5, 5.41) is 27.4. The number of aryl methyl sites for hydroxylation is 1. The van der Waals surface area contributed by atoms with E-state index >= 15 is 0 Å². The summed E-state index contributed by atoms with van der Waals surface area (Å²) in [6, 6.07) is 0. The van der Waals surface area contributed by atoms with Crippen molar-refractivity contribution in [1.29, 1.82) is 0 Å². The molecule has 2 N–H and O–H groups in total. The maximum atomic E-state index is 11.7. The topological polar surface area (TPSA) is 110 Å². The Morgan fingerprint density at radius 1 is 1.62 bits per heavy atom. The molecule has 0 atom stereocenters.